The highest BCUT2D eigenvalue weighted by Crippen LogP contribution is 2.22. The number of halogens is 1. The van der Waals surface area contributed by atoms with Gasteiger partial charge in [0.05, 0.1) is 6.61 Å². The molecule has 1 heterocycles. The fraction of sp³-hybridized carbons (Fsp3) is 0.650. The van der Waals surface area contributed by atoms with E-state index in [2.05, 4.69) is 67.3 Å². The lowest BCUT2D eigenvalue weighted by molar-refractivity contribution is 0.181. The van der Waals surface area contributed by atoms with Crippen LogP contribution in [-0.2, 0) is 16.6 Å². The Morgan fingerprint density at radius 2 is 1.96 bits per heavy atom. The van der Waals surface area contributed by atoms with Gasteiger partial charge in [0.15, 0.2) is 5.96 Å². The van der Waals surface area contributed by atoms with E-state index in [9.17, 15) is 0 Å². The Hall–Kier alpha value is -0.820. The van der Waals surface area contributed by atoms with Gasteiger partial charge in [-0.3, -0.25) is 4.99 Å². The Morgan fingerprint density at radius 1 is 1.28 bits per heavy atom. The first kappa shape index (κ1) is 22.2. The molecule has 0 amide bonds. The summed E-state index contributed by atoms with van der Waals surface area (Å²) < 4.78 is 5.46. The molecule has 0 aliphatic carbocycles. The first-order chi connectivity index (χ1) is 11.4. The lowest BCUT2D eigenvalue weighted by Crippen LogP contribution is -2.42. The molecule has 0 aromatic heterocycles. The molecule has 1 atom stereocenters. The Morgan fingerprint density at radius 3 is 2.48 bits per heavy atom. The van der Waals surface area contributed by atoms with Crippen LogP contribution in [0.1, 0.15) is 38.3 Å². The molecule has 4 nitrogen and oxygen atoms in total. The summed E-state index contributed by atoms with van der Waals surface area (Å²) in [5, 5.41) is 3.47. The van der Waals surface area contributed by atoms with Crippen LogP contribution < -0.4 is 5.32 Å². The number of aliphatic imine (C=N–C) groups is 1. The van der Waals surface area contributed by atoms with Crippen molar-refractivity contribution >= 4 is 29.9 Å². The average Bonchev–Trinajstić information content (AvgIpc) is 3.04. The van der Waals surface area contributed by atoms with Gasteiger partial charge in [-0.15, -0.1) is 24.0 Å². The first-order valence-electron chi connectivity index (χ1n) is 8.99. The predicted molar refractivity (Wildman–Crippen MR) is 117 cm³/mol. The summed E-state index contributed by atoms with van der Waals surface area (Å²) in [5.74, 6) is 1.59. The lowest BCUT2D eigenvalue weighted by Gasteiger charge is -2.24. The summed E-state index contributed by atoms with van der Waals surface area (Å²) in [7, 11) is 3.95. The van der Waals surface area contributed by atoms with E-state index >= 15 is 0 Å². The van der Waals surface area contributed by atoms with Crippen molar-refractivity contribution < 1.29 is 4.74 Å². The number of benzene rings is 1. The van der Waals surface area contributed by atoms with Crippen LogP contribution >= 0.6 is 24.0 Å². The Bertz CT molecular complexity index is 531. The number of hydrogen-bond donors (Lipinski definition) is 1. The van der Waals surface area contributed by atoms with Crippen LogP contribution in [0.4, 0.5) is 0 Å². The number of rotatable bonds is 5. The van der Waals surface area contributed by atoms with Crippen molar-refractivity contribution in [2.24, 2.45) is 10.9 Å². The normalized spacial score (nSPS) is 18.0. The Labute approximate surface area is 170 Å². The van der Waals surface area contributed by atoms with Gasteiger partial charge in [-0.25, -0.2) is 0 Å². The third-order valence-electron chi connectivity index (χ3n) is 4.65. The molecule has 1 N–H and O–H groups in total. The van der Waals surface area contributed by atoms with Gasteiger partial charge < -0.3 is 15.0 Å². The molecule has 1 aliphatic heterocycles. The Kier molecular flexibility index (Phi) is 9.21. The molecule has 142 valence electrons. The maximum absolute atomic E-state index is 5.46. The van der Waals surface area contributed by atoms with Crippen LogP contribution in [0, 0.1) is 5.92 Å². The molecule has 5 heteroatoms. The highest BCUT2D eigenvalue weighted by atomic mass is 127. The van der Waals surface area contributed by atoms with Gasteiger partial charge in [0.2, 0.25) is 0 Å². The quantitative estimate of drug-likeness (QED) is 0.415. The van der Waals surface area contributed by atoms with Crippen molar-refractivity contribution in [2.45, 2.75) is 39.0 Å². The van der Waals surface area contributed by atoms with Crippen LogP contribution in [-0.4, -0.2) is 51.3 Å². The second-order valence-electron chi connectivity index (χ2n) is 7.78. The van der Waals surface area contributed by atoms with Crippen molar-refractivity contribution in [1.82, 2.24) is 10.2 Å². The van der Waals surface area contributed by atoms with Crippen LogP contribution in [0.15, 0.2) is 29.3 Å². The van der Waals surface area contributed by atoms with E-state index in [-0.39, 0.29) is 29.4 Å². The molecule has 0 spiro atoms. The molecule has 2 rings (SSSR count). The van der Waals surface area contributed by atoms with Crippen molar-refractivity contribution in [2.75, 3.05) is 40.4 Å². The molecular formula is C20H34IN3O. The van der Waals surface area contributed by atoms with Gasteiger partial charge in [-0.05, 0) is 29.4 Å². The van der Waals surface area contributed by atoms with Gasteiger partial charge >= 0.3 is 0 Å². The first-order valence-corrected chi connectivity index (χ1v) is 8.99. The zero-order valence-corrected chi connectivity index (χ0v) is 18.7. The molecule has 1 aliphatic rings. The number of ether oxygens (including phenoxy) is 1. The van der Waals surface area contributed by atoms with Crippen molar-refractivity contribution in [3.05, 3.63) is 35.4 Å². The highest BCUT2D eigenvalue weighted by molar-refractivity contribution is 14.0. The number of guanidine groups is 1. The summed E-state index contributed by atoms with van der Waals surface area (Å²) in [5.41, 5.74) is 2.96. The maximum Gasteiger partial charge on any atom is 0.193 e. The fourth-order valence-corrected chi connectivity index (χ4v) is 3.08. The molecule has 1 aromatic carbocycles. The molecule has 1 unspecified atom stereocenters. The zero-order valence-electron chi connectivity index (χ0n) is 16.3. The summed E-state index contributed by atoms with van der Waals surface area (Å²) in [6.07, 6.45) is 2.16. The molecule has 0 saturated carbocycles. The molecule has 25 heavy (non-hydrogen) atoms. The van der Waals surface area contributed by atoms with Gasteiger partial charge in [-0.2, -0.15) is 0 Å². The molecule has 0 radical (unpaired) electrons. The predicted octanol–water partition coefficient (Wildman–Crippen LogP) is 3.69. The van der Waals surface area contributed by atoms with Crippen molar-refractivity contribution in [3.63, 3.8) is 0 Å². The number of nitrogens with zero attached hydrogens (tertiary/aromatic N) is 2. The van der Waals surface area contributed by atoms with Gasteiger partial charge in [-0.1, -0.05) is 45.0 Å². The third-order valence-corrected chi connectivity index (χ3v) is 4.65. The van der Waals surface area contributed by atoms with Crippen LogP contribution in [0.25, 0.3) is 0 Å². The van der Waals surface area contributed by atoms with Gasteiger partial charge in [0.1, 0.15) is 0 Å². The van der Waals surface area contributed by atoms with E-state index < -0.39 is 0 Å². The monoisotopic (exact) mass is 459 g/mol. The Balaban J connectivity index is 0.00000312. The summed E-state index contributed by atoms with van der Waals surface area (Å²) in [4.78, 5) is 6.61. The van der Waals surface area contributed by atoms with E-state index in [1.54, 1.807) is 0 Å². The summed E-state index contributed by atoms with van der Waals surface area (Å²) in [6.45, 7) is 10.4. The van der Waals surface area contributed by atoms with Crippen LogP contribution in [0.5, 0.6) is 0 Å². The van der Waals surface area contributed by atoms with Gasteiger partial charge in [0.25, 0.3) is 0 Å². The van der Waals surface area contributed by atoms with E-state index in [1.165, 1.54) is 11.1 Å². The van der Waals surface area contributed by atoms with Crippen LogP contribution in [0.3, 0.4) is 0 Å². The summed E-state index contributed by atoms with van der Waals surface area (Å²) >= 11 is 0. The molecule has 1 fully saturated rings. The largest absolute Gasteiger partial charge is 0.381 e. The van der Waals surface area contributed by atoms with Crippen LogP contribution in [0.2, 0.25) is 0 Å². The highest BCUT2D eigenvalue weighted by Gasteiger charge is 2.19. The smallest absolute Gasteiger partial charge is 0.193 e. The SMILES string of the molecule is CN=C(NCCc1ccc(C(C)(C)C)cc1)N(C)CC1CCOC1.I. The standard InChI is InChI=1S/C20H33N3O.HI/c1-20(2,3)18-8-6-16(7-9-18)10-12-22-19(21-4)23(5)14-17-11-13-24-15-17;/h6-9,17H,10-15H2,1-5H3,(H,21,22);1H. The average molecular weight is 459 g/mol. The van der Waals surface area contributed by atoms with E-state index in [1.807, 2.05) is 7.05 Å². The van der Waals surface area contributed by atoms with E-state index in [4.69, 9.17) is 4.74 Å². The zero-order chi connectivity index (χ0) is 17.6. The minimum atomic E-state index is 0. The second kappa shape index (κ2) is 10.4. The summed E-state index contributed by atoms with van der Waals surface area (Å²) in [6, 6.07) is 8.97. The van der Waals surface area contributed by atoms with Crippen molar-refractivity contribution in [1.29, 1.82) is 0 Å². The fourth-order valence-electron chi connectivity index (χ4n) is 3.08. The second-order valence-corrected chi connectivity index (χ2v) is 7.78. The molecule has 1 saturated heterocycles. The van der Waals surface area contributed by atoms with E-state index in [0.717, 1.165) is 45.1 Å². The third kappa shape index (κ3) is 7.13. The molecule has 0 bridgehead atoms. The van der Waals surface area contributed by atoms with Gasteiger partial charge in [0, 0.05) is 39.7 Å². The van der Waals surface area contributed by atoms with E-state index in [0.29, 0.717) is 5.92 Å². The number of nitrogens with one attached hydrogen (secondary N) is 1. The maximum atomic E-state index is 5.46. The topological polar surface area (TPSA) is 36.9 Å². The number of hydrogen-bond acceptors (Lipinski definition) is 2. The molecule has 1 aromatic rings. The van der Waals surface area contributed by atoms with Crippen molar-refractivity contribution in [3.8, 4) is 0 Å². The lowest BCUT2D eigenvalue weighted by atomic mass is 9.86. The molecular weight excluding hydrogens is 425 g/mol. The minimum absolute atomic E-state index is 0. The minimum Gasteiger partial charge on any atom is -0.381 e.